The third-order valence-electron chi connectivity index (χ3n) is 2.94. The Morgan fingerprint density at radius 1 is 1.28 bits per heavy atom. The fourth-order valence-corrected chi connectivity index (χ4v) is 1.88. The molecule has 1 amide bonds. The minimum Gasteiger partial charge on any atom is -0.378 e. The van der Waals surface area contributed by atoms with Gasteiger partial charge in [-0.15, -0.1) is 0 Å². The smallest absolute Gasteiger partial charge is 0.378 e. The summed E-state index contributed by atoms with van der Waals surface area (Å²) in [6.07, 6.45) is -0.620. The first-order chi connectivity index (χ1) is 8.39. The normalized spacial score (nSPS) is 24.9. The van der Waals surface area contributed by atoms with Crippen molar-refractivity contribution < 1.29 is 22.7 Å². The number of alkyl halides is 3. The van der Waals surface area contributed by atoms with Gasteiger partial charge in [-0.25, -0.2) is 0 Å². The number of rotatable bonds is 5. The van der Waals surface area contributed by atoms with E-state index in [-0.39, 0.29) is 18.7 Å². The summed E-state index contributed by atoms with van der Waals surface area (Å²) in [6.45, 7) is 0.336. The SMILES string of the molecule is NC1CCC(OCCCNC(=O)C(F)(F)F)CC1. The van der Waals surface area contributed by atoms with Crippen LogP contribution < -0.4 is 11.1 Å². The number of carbonyl (C=O) groups excluding carboxylic acids is 1. The number of hydrogen-bond acceptors (Lipinski definition) is 3. The lowest BCUT2D eigenvalue weighted by atomic mass is 9.94. The number of ether oxygens (including phenoxy) is 1. The summed E-state index contributed by atoms with van der Waals surface area (Å²) in [6, 6.07) is 0.246. The van der Waals surface area contributed by atoms with E-state index in [1.165, 1.54) is 0 Å². The Balaban J connectivity index is 2.01. The first-order valence-corrected chi connectivity index (χ1v) is 6.12. The maximum atomic E-state index is 11.8. The van der Waals surface area contributed by atoms with Crippen LogP contribution in [-0.2, 0) is 9.53 Å². The largest absolute Gasteiger partial charge is 0.471 e. The summed E-state index contributed by atoms with van der Waals surface area (Å²) < 4.78 is 41.0. The molecule has 106 valence electrons. The molecule has 0 spiro atoms. The van der Waals surface area contributed by atoms with Crippen molar-refractivity contribution >= 4 is 5.91 Å². The van der Waals surface area contributed by atoms with Crippen LogP contribution in [0.5, 0.6) is 0 Å². The average Bonchev–Trinajstić information content (AvgIpc) is 2.29. The molecule has 7 heteroatoms. The van der Waals surface area contributed by atoms with Crippen LogP contribution in [0.2, 0.25) is 0 Å². The van der Waals surface area contributed by atoms with E-state index >= 15 is 0 Å². The Morgan fingerprint density at radius 2 is 1.89 bits per heavy atom. The molecule has 1 fully saturated rings. The van der Waals surface area contributed by atoms with Gasteiger partial charge in [0.1, 0.15) is 0 Å². The average molecular weight is 268 g/mol. The van der Waals surface area contributed by atoms with Crippen LogP contribution in [0.25, 0.3) is 0 Å². The zero-order valence-electron chi connectivity index (χ0n) is 10.1. The quantitative estimate of drug-likeness (QED) is 0.740. The molecule has 0 atom stereocenters. The molecular weight excluding hydrogens is 249 g/mol. The molecule has 0 aliphatic heterocycles. The number of halogens is 3. The zero-order valence-corrected chi connectivity index (χ0v) is 10.1. The molecule has 1 rings (SSSR count). The molecule has 0 heterocycles. The predicted molar refractivity (Wildman–Crippen MR) is 59.9 cm³/mol. The van der Waals surface area contributed by atoms with Gasteiger partial charge in [0, 0.05) is 19.2 Å². The van der Waals surface area contributed by atoms with Crippen molar-refractivity contribution in [2.75, 3.05) is 13.2 Å². The number of hydrogen-bond donors (Lipinski definition) is 2. The van der Waals surface area contributed by atoms with Crippen molar-refractivity contribution in [3.05, 3.63) is 0 Å². The molecule has 1 aliphatic rings. The lowest BCUT2D eigenvalue weighted by Gasteiger charge is -2.26. The van der Waals surface area contributed by atoms with E-state index in [0.29, 0.717) is 13.0 Å². The third-order valence-corrected chi connectivity index (χ3v) is 2.94. The molecule has 1 saturated carbocycles. The second-order valence-corrected chi connectivity index (χ2v) is 4.51. The maximum absolute atomic E-state index is 11.8. The van der Waals surface area contributed by atoms with Crippen molar-refractivity contribution in [1.29, 1.82) is 0 Å². The predicted octanol–water partition coefficient (Wildman–Crippen LogP) is 1.34. The molecule has 0 radical (unpaired) electrons. The Morgan fingerprint density at radius 3 is 2.44 bits per heavy atom. The van der Waals surface area contributed by atoms with Gasteiger partial charge >= 0.3 is 12.1 Å². The number of nitrogens with two attached hydrogens (primary N) is 1. The Bertz CT molecular complexity index is 264. The first kappa shape index (κ1) is 15.2. The van der Waals surface area contributed by atoms with Crippen LogP contribution in [-0.4, -0.2) is 37.4 Å². The minimum absolute atomic E-state index is 0.0232. The number of amides is 1. The molecule has 1 aliphatic carbocycles. The number of nitrogens with one attached hydrogen (secondary N) is 1. The van der Waals surface area contributed by atoms with E-state index in [9.17, 15) is 18.0 Å². The van der Waals surface area contributed by atoms with Crippen LogP contribution >= 0.6 is 0 Å². The van der Waals surface area contributed by atoms with E-state index in [2.05, 4.69) is 0 Å². The molecule has 0 unspecified atom stereocenters. The standard InChI is InChI=1S/C11H19F3N2O2/c12-11(13,14)10(17)16-6-1-7-18-9-4-2-8(15)3-5-9/h8-9H,1-7,15H2,(H,16,17). The second kappa shape index (κ2) is 6.94. The van der Waals surface area contributed by atoms with E-state index in [1.807, 2.05) is 0 Å². The minimum atomic E-state index is -4.81. The van der Waals surface area contributed by atoms with Crippen LogP contribution in [0.15, 0.2) is 0 Å². The van der Waals surface area contributed by atoms with Gasteiger partial charge in [0.05, 0.1) is 6.10 Å². The summed E-state index contributed by atoms with van der Waals surface area (Å²) >= 11 is 0. The van der Waals surface area contributed by atoms with E-state index in [4.69, 9.17) is 10.5 Å². The van der Waals surface area contributed by atoms with E-state index in [1.54, 1.807) is 5.32 Å². The third kappa shape index (κ3) is 5.68. The zero-order chi connectivity index (χ0) is 13.6. The topological polar surface area (TPSA) is 64.3 Å². The molecule has 3 N–H and O–H groups in total. The van der Waals surface area contributed by atoms with Gasteiger partial charge in [-0.05, 0) is 32.1 Å². The molecule has 18 heavy (non-hydrogen) atoms. The molecule has 0 aromatic carbocycles. The van der Waals surface area contributed by atoms with Crippen LogP contribution in [0.4, 0.5) is 13.2 Å². The van der Waals surface area contributed by atoms with Gasteiger partial charge in [0.2, 0.25) is 0 Å². The van der Waals surface area contributed by atoms with Gasteiger partial charge < -0.3 is 15.8 Å². The Hall–Kier alpha value is -0.820. The molecule has 0 aromatic rings. The van der Waals surface area contributed by atoms with Crippen molar-refractivity contribution in [2.45, 2.75) is 50.4 Å². The highest BCUT2D eigenvalue weighted by Crippen LogP contribution is 2.19. The highest BCUT2D eigenvalue weighted by atomic mass is 19.4. The first-order valence-electron chi connectivity index (χ1n) is 6.12. The van der Waals surface area contributed by atoms with E-state index in [0.717, 1.165) is 25.7 Å². The van der Waals surface area contributed by atoms with Crippen molar-refractivity contribution in [2.24, 2.45) is 5.73 Å². The molecule has 0 bridgehead atoms. The fraction of sp³-hybridized carbons (Fsp3) is 0.909. The highest BCUT2D eigenvalue weighted by molar-refractivity contribution is 5.81. The van der Waals surface area contributed by atoms with Crippen molar-refractivity contribution in [3.8, 4) is 0 Å². The van der Waals surface area contributed by atoms with Crippen molar-refractivity contribution in [3.63, 3.8) is 0 Å². The Kier molecular flexibility index (Phi) is 5.87. The van der Waals surface area contributed by atoms with Gasteiger partial charge in [-0.1, -0.05) is 0 Å². The monoisotopic (exact) mass is 268 g/mol. The fourth-order valence-electron chi connectivity index (χ4n) is 1.88. The summed E-state index contributed by atoms with van der Waals surface area (Å²) in [5, 5.41) is 1.80. The molecule has 0 aromatic heterocycles. The molecule has 4 nitrogen and oxygen atoms in total. The van der Waals surface area contributed by atoms with Gasteiger partial charge in [-0.3, -0.25) is 4.79 Å². The van der Waals surface area contributed by atoms with Crippen LogP contribution in [0, 0.1) is 0 Å². The van der Waals surface area contributed by atoms with Gasteiger partial charge in [-0.2, -0.15) is 13.2 Å². The number of carbonyl (C=O) groups is 1. The van der Waals surface area contributed by atoms with Crippen LogP contribution in [0.3, 0.4) is 0 Å². The lowest BCUT2D eigenvalue weighted by molar-refractivity contribution is -0.173. The van der Waals surface area contributed by atoms with Gasteiger partial charge in [0.15, 0.2) is 0 Å². The maximum Gasteiger partial charge on any atom is 0.471 e. The van der Waals surface area contributed by atoms with Crippen LogP contribution in [0.1, 0.15) is 32.1 Å². The van der Waals surface area contributed by atoms with E-state index < -0.39 is 12.1 Å². The summed E-state index contributed by atoms with van der Waals surface area (Å²) in [4.78, 5) is 10.5. The summed E-state index contributed by atoms with van der Waals surface area (Å²) in [5.74, 6) is -1.90. The highest BCUT2D eigenvalue weighted by Gasteiger charge is 2.38. The van der Waals surface area contributed by atoms with Gasteiger partial charge in [0.25, 0.3) is 0 Å². The summed E-state index contributed by atoms with van der Waals surface area (Å²) in [5.41, 5.74) is 5.74. The van der Waals surface area contributed by atoms with Crippen molar-refractivity contribution in [1.82, 2.24) is 5.32 Å². The second-order valence-electron chi connectivity index (χ2n) is 4.51. The Labute approximate surface area is 104 Å². The lowest BCUT2D eigenvalue weighted by Crippen LogP contribution is -2.37. The molecular formula is C11H19F3N2O2. The molecule has 0 saturated heterocycles. The summed E-state index contributed by atoms with van der Waals surface area (Å²) in [7, 11) is 0.